The summed E-state index contributed by atoms with van der Waals surface area (Å²) in [5, 5.41) is 0. The van der Waals surface area contributed by atoms with Gasteiger partial charge in [-0.25, -0.2) is 4.79 Å². The largest absolute Gasteiger partial charge is 0.490 e. The summed E-state index contributed by atoms with van der Waals surface area (Å²) in [4.78, 5) is 10.3. The fourth-order valence-corrected chi connectivity index (χ4v) is 0.850. The van der Waals surface area contributed by atoms with E-state index in [-0.39, 0.29) is 35.8 Å². The van der Waals surface area contributed by atoms with Crippen LogP contribution in [0.2, 0.25) is 0 Å². The summed E-state index contributed by atoms with van der Waals surface area (Å²) in [5.41, 5.74) is 4.93. The number of hydrogen-bond acceptors (Lipinski definition) is 3. The second-order valence-electron chi connectivity index (χ2n) is 4.21. The van der Waals surface area contributed by atoms with E-state index in [0.717, 1.165) is 0 Å². The molecular weight excluding hydrogens is 326 g/mol. The lowest BCUT2D eigenvalue weighted by atomic mass is 9.91. The van der Waals surface area contributed by atoms with Crippen LogP contribution in [0, 0.1) is 5.41 Å². The average Bonchev–Trinajstić information content (AvgIpc) is 1.79. The fourth-order valence-electron chi connectivity index (χ4n) is 0.850. The molecule has 15 heavy (non-hydrogen) atoms. The van der Waals surface area contributed by atoms with Crippen molar-refractivity contribution >= 4 is 29.9 Å². The molecule has 0 aromatic carbocycles. The van der Waals surface area contributed by atoms with Crippen molar-refractivity contribution in [2.75, 3.05) is 0 Å². The van der Waals surface area contributed by atoms with Crippen LogP contribution >= 0.6 is 24.0 Å². The molecule has 0 aliphatic rings. The Morgan fingerprint density at radius 2 is 1.73 bits per heavy atom. The van der Waals surface area contributed by atoms with E-state index in [0.29, 0.717) is 0 Å². The first-order valence-electron chi connectivity index (χ1n) is 4.06. The molecule has 0 radical (unpaired) electrons. The molecule has 0 bridgehead atoms. The minimum absolute atomic E-state index is 0. The zero-order valence-electron chi connectivity index (χ0n) is 8.72. The second kappa shape index (κ2) is 5.88. The molecule has 0 spiro atoms. The number of alkyl halides is 3. The van der Waals surface area contributed by atoms with Crippen molar-refractivity contribution in [3.05, 3.63) is 0 Å². The van der Waals surface area contributed by atoms with Crippen molar-refractivity contribution in [1.29, 1.82) is 0 Å². The standard InChI is InChI=1S/C8H14F3NO2.HI/c1-7(2,3)4-5(12)14-6(13)8(9,10)11;/h5H,4,12H2,1-3H3;1H. The predicted octanol–water partition coefficient (Wildman–Crippen LogP) is 2.43. The first-order chi connectivity index (χ1) is 6.02. The van der Waals surface area contributed by atoms with Crippen LogP contribution < -0.4 is 5.73 Å². The Hall–Kier alpha value is -0.0500. The molecule has 3 nitrogen and oxygen atoms in total. The van der Waals surface area contributed by atoms with E-state index in [2.05, 4.69) is 4.74 Å². The van der Waals surface area contributed by atoms with E-state index in [4.69, 9.17) is 5.73 Å². The van der Waals surface area contributed by atoms with Crippen LogP contribution in [0.4, 0.5) is 13.2 Å². The van der Waals surface area contributed by atoms with Gasteiger partial charge in [0.15, 0.2) is 6.23 Å². The summed E-state index contributed by atoms with van der Waals surface area (Å²) in [5.74, 6) is -2.24. The highest BCUT2D eigenvalue weighted by molar-refractivity contribution is 14.0. The van der Waals surface area contributed by atoms with Crippen molar-refractivity contribution in [1.82, 2.24) is 0 Å². The first kappa shape index (κ1) is 17.3. The second-order valence-corrected chi connectivity index (χ2v) is 4.21. The third-order valence-corrected chi connectivity index (χ3v) is 1.30. The van der Waals surface area contributed by atoms with E-state index in [1.54, 1.807) is 20.8 Å². The predicted molar refractivity (Wildman–Crippen MR) is 59.6 cm³/mol. The molecule has 1 unspecified atom stereocenters. The zero-order chi connectivity index (χ0) is 11.6. The van der Waals surface area contributed by atoms with E-state index < -0.39 is 18.4 Å². The molecule has 7 heteroatoms. The first-order valence-corrected chi connectivity index (χ1v) is 4.06. The van der Waals surface area contributed by atoms with Crippen molar-refractivity contribution in [3.63, 3.8) is 0 Å². The van der Waals surface area contributed by atoms with Gasteiger partial charge in [-0.15, -0.1) is 24.0 Å². The van der Waals surface area contributed by atoms with Crippen LogP contribution in [0.25, 0.3) is 0 Å². The van der Waals surface area contributed by atoms with Gasteiger partial charge >= 0.3 is 12.1 Å². The highest BCUT2D eigenvalue weighted by Crippen LogP contribution is 2.22. The number of hydrogen-bond donors (Lipinski definition) is 1. The average molecular weight is 341 g/mol. The van der Waals surface area contributed by atoms with Crippen molar-refractivity contribution in [2.45, 2.75) is 39.6 Å². The molecule has 0 saturated heterocycles. The summed E-state index contributed by atoms with van der Waals surface area (Å²) in [6.07, 6.45) is -6.02. The van der Waals surface area contributed by atoms with Crippen LogP contribution in [0.3, 0.4) is 0 Å². The number of esters is 1. The maximum atomic E-state index is 11.7. The quantitative estimate of drug-likeness (QED) is 0.477. The Morgan fingerprint density at radius 3 is 2.00 bits per heavy atom. The lowest BCUT2D eigenvalue weighted by Crippen LogP contribution is -2.36. The molecule has 92 valence electrons. The number of ether oxygens (including phenoxy) is 1. The molecule has 0 fully saturated rings. The van der Waals surface area contributed by atoms with Gasteiger partial charge in [-0.3, -0.25) is 5.73 Å². The van der Waals surface area contributed by atoms with E-state index >= 15 is 0 Å². The number of nitrogens with two attached hydrogens (primary N) is 1. The van der Waals surface area contributed by atoms with Gasteiger partial charge < -0.3 is 4.74 Å². The number of carbonyl (C=O) groups excluding carboxylic acids is 1. The van der Waals surface area contributed by atoms with Crippen molar-refractivity contribution in [3.8, 4) is 0 Å². The lowest BCUT2D eigenvalue weighted by Gasteiger charge is -2.23. The monoisotopic (exact) mass is 341 g/mol. The summed E-state index contributed by atoms with van der Waals surface area (Å²) in [7, 11) is 0. The summed E-state index contributed by atoms with van der Waals surface area (Å²) in [6, 6.07) is 0. The van der Waals surface area contributed by atoms with Gasteiger partial charge in [0.25, 0.3) is 0 Å². The fraction of sp³-hybridized carbons (Fsp3) is 0.875. The zero-order valence-corrected chi connectivity index (χ0v) is 11.1. The van der Waals surface area contributed by atoms with Gasteiger partial charge in [-0.2, -0.15) is 13.2 Å². The maximum Gasteiger partial charge on any atom is 0.490 e. The highest BCUT2D eigenvalue weighted by Gasteiger charge is 2.42. The molecular formula is C8H15F3INO2. The van der Waals surface area contributed by atoms with Crippen LogP contribution in [0.1, 0.15) is 27.2 Å². The third-order valence-electron chi connectivity index (χ3n) is 1.30. The molecule has 0 aromatic heterocycles. The Labute approximate surface area is 104 Å². The molecule has 0 amide bonds. The Morgan fingerprint density at radius 1 is 1.33 bits per heavy atom. The van der Waals surface area contributed by atoms with Gasteiger partial charge in [-0.1, -0.05) is 20.8 Å². The van der Waals surface area contributed by atoms with E-state index in [1.165, 1.54) is 0 Å². The lowest BCUT2D eigenvalue weighted by molar-refractivity contribution is -0.205. The Bertz CT molecular complexity index is 213. The smallest absolute Gasteiger partial charge is 0.440 e. The molecule has 0 heterocycles. The SMILES string of the molecule is CC(C)(C)CC(N)OC(=O)C(F)(F)F.I. The molecule has 0 aliphatic heterocycles. The van der Waals surface area contributed by atoms with Crippen LogP contribution in [0.5, 0.6) is 0 Å². The van der Waals surface area contributed by atoms with E-state index in [1.807, 2.05) is 0 Å². The van der Waals surface area contributed by atoms with Crippen LogP contribution in [-0.4, -0.2) is 18.4 Å². The molecule has 0 rings (SSSR count). The maximum absolute atomic E-state index is 11.7. The van der Waals surface area contributed by atoms with Gasteiger partial charge in [0.05, 0.1) is 0 Å². The summed E-state index contributed by atoms with van der Waals surface area (Å²) in [6.45, 7) is 5.36. The van der Waals surface area contributed by atoms with Crippen LogP contribution in [-0.2, 0) is 9.53 Å². The topological polar surface area (TPSA) is 52.3 Å². The molecule has 1 atom stereocenters. The van der Waals surface area contributed by atoms with Crippen molar-refractivity contribution in [2.24, 2.45) is 11.1 Å². The minimum Gasteiger partial charge on any atom is -0.440 e. The minimum atomic E-state index is -4.98. The normalized spacial score (nSPS) is 14.1. The molecule has 0 saturated carbocycles. The molecule has 0 aromatic rings. The third kappa shape index (κ3) is 8.91. The summed E-state index contributed by atoms with van der Waals surface area (Å²) < 4.78 is 39.1. The number of carbonyl (C=O) groups is 1. The van der Waals surface area contributed by atoms with Gasteiger partial charge in [0.1, 0.15) is 0 Å². The number of halogens is 4. The highest BCUT2D eigenvalue weighted by atomic mass is 127. The number of rotatable bonds is 2. The Balaban J connectivity index is 0. The van der Waals surface area contributed by atoms with Crippen molar-refractivity contribution < 1.29 is 22.7 Å². The van der Waals surface area contributed by atoms with E-state index in [9.17, 15) is 18.0 Å². The van der Waals surface area contributed by atoms with Gasteiger partial charge in [0, 0.05) is 6.42 Å². The Kier molecular flexibility index (Phi) is 6.80. The summed E-state index contributed by atoms with van der Waals surface area (Å²) >= 11 is 0. The molecule has 0 aliphatic carbocycles. The van der Waals surface area contributed by atoms with Gasteiger partial charge in [-0.05, 0) is 5.41 Å². The molecule has 2 N–H and O–H groups in total. The van der Waals surface area contributed by atoms with Gasteiger partial charge in [0.2, 0.25) is 0 Å². The van der Waals surface area contributed by atoms with Crippen LogP contribution in [0.15, 0.2) is 0 Å².